The number of benzene rings is 2. The van der Waals surface area contributed by atoms with Gasteiger partial charge in [0.25, 0.3) is 0 Å². The molecule has 21 heavy (non-hydrogen) atoms. The Hall–Kier alpha value is -2.36. The lowest BCUT2D eigenvalue weighted by molar-refractivity contribution is -0.143. The van der Waals surface area contributed by atoms with Crippen molar-refractivity contribution in [1.82, 2.24) is 5.32 Å². The zero-order valence-electron chi connectivity index (χ0n) is 11.6. The smallest absolute Gasteiger partial charge is 0.329 e. The van der Waals surface area contributed by atoms with E-state index in [2.05, 4.69) is 17.4 Å². The zero-order valence-corrected chi connectivity index (χ0v) is 11.6. The van der Waals surface area contributed by atoms with Crippen LogP contribution >= 0.6 is 0 Å². The molecule has 0 unspecified atom stereocenters. The summed E-state index contributed by atoms with van der Waals surface area (Å²) < 4.78 is 0. The van der Waals surface area contributed by atoms with E-state index >= 15 is 0 Å². The summed E-state index contributed by atoms with van der Waals surface area (Å²) in [5.41, 5.74) is 0.101. The Kier molecular flexibility index (Phi) is 3.37. The molecular formula is C17H17NO3. The highest BCUT2D eigenvalue weighted by Crippen LogP contribution is 2.35. The van der Waals surface area contributed by atoms with Crippen LogP contribution < -0.4 is 5.32 Å². The van der Waals surface area contributed by atoms with E-state index in [1.165, 1.54) is 5.39 Å². The van der Waals surface area contributed by atoms with Gasteiger partial charge in [0.2, 0.25) is 5.91 Å². The molecule has 1 fully saturated rings. The Balaban J connectivity index is 1.61. The summed E-state index contributed by atoms with van der Waals surface area (Å²) in [7, 11) is 0. The van der Waals surface area contributed by atoms with Gasteiger partial charge >= 0.3 is 5.97 Å². The molecule has 3 rings (SSSR count). The van der Waals surface area contributed by atoms with Crippen molar-refractivity contribution >= 4 is 22.6 Å². The third-order valence-electron chi connectivity index (χ3n) is 3.99. The molecule has 0 atom stereocenters. The third kappa shape index (κ3) is 2.89. The lowest BCUT2D eigenvalue weighted by atomic mass is 10.0. The summed E-state index contributed by atoms with van der Waals surface area (Å²) in [6.45, 7) is 0. The Bertz CT molecular complexity index is 704. The minimum atomic E-state index is -0.986. The first-order chi connectivity index (χ1) is 10.1. The predicted octanol–water partition coefficient (Wildman–Crippen LogP) is 2.51. The second kappa shape index (κ2) is 5.20. The van der Waals surface area contributed by atoms with Gasteiger partial charge in [-0.25, -0.2) is 4.79 Å². The van der Waals surface area contributed by atoms with E-state index in [1.54, 1.807) is 0 Å². The van der Waals surface area contributed by atoms with Gasteiger partial charge in [-0.1, -0.05) is 42.5 Å². The van der Waals surface area contributed by atoms with Gasteiger partial charge < -0.3 is 10.4 Å². The van der Waals surface area contributed by atoms with Gasteiger partial charge in [0, 0.05) is 6.42 Å². The number of rotatable bonds is 5. The van der Waals surface area contributed by atoms with Crippen LogP contribution in [0.15, 0.2) is 42.5 Å². The number of carbonyl (C=O) groups excluding carboxylic acids is 1. The van der Waals surface area contributed by atoms with Crippen LogP contribution in [0, 0.1) is 0 Å². The lowest BCUT2D eigenvalue weighted by Crippen LogP contribution is -2.43. The monoisotopic (exact) mass is 283 g/mol. The van der Waals surface area contributed by atoms with E-state index in [4.69, 9.17) is 5.11 Å². The summed E-state index contributed by atoms with van der Waals surface area (Å²) in [5.74, 6) is -1.12. The molecule has 1 aliphatic rings. The number of carboxylic acid groups (broad SMARTS) is 1. The zero-order chi connectivity index (χ0) is 14.9. The van der Waals surface area contributed by atoms with Crippen molar-refractivity contribution in [2.75, 3.05) is 0 Å². The van der Waals surface area contributed by atoms with Crippen LogP contribution in [0.3, 0.4) is 0 Å². The Morgan fingerprint density at radius 3 is 2.48 bits per heavy atom. The highest BCUT2D eigenvalue weighted by atomic mass is 16.4. The second-order valence-electron chi connectivity index (χ2n) is 5.62. The standard InChI is InChI=1S/C17H17NO3/c19-15(18-17(9-10-17)16(20)21)8-6-12-5-7-13-3-1-2-4-14(13)11-12/h1-5,7,11H,6,8-10H2,(H,18,19)(H,20,21). The maximum Gasteiger partial charge on any atom is 0.329 e. The molecule has 4 heteroatoms. The van der Waals surface area contributed by atoms with Crippen molar-refractivity contribution in [3.05, 3.63) is 48.0 Å². The van der Waals surface area contributed by atoms with Crippen LogP contribution in [0.5, 0.6) is 0 Å². The van der Waals surface area contributed by atoms with Crippen LogP contribution in [0.25, 0.3) is 10.8 Å². The van der Waals surface area contributed by atoms with Gasteiger partial charge in [0.15, 0.2) is 0 Å². The molecule has 0 spiro atoms. The molecule has 0 heterocycles. The third-order valence-corrected chi connectivity index (χ3v) is 3.99. The van der Waals surface area contributed by atoms with Gasteiger partial charge in [-0.2, -0.15) is 0 Å². The lowest BCUT2D eigenvalue weighted by Gasteiger charge is -2.12. The molecule has 2 aromatic rings. The molecule has 0 bridgehead atoms. The van der Waals surface area contributed by atoms with Crippen LogP contribution in [-0.2, 0) is 16.0 Å². The van der Waals surface area contributed by atoms with Crippen molar-refractivity contribution in [3.8, 4) is 0 Å². The summed E-state index contributed by atoms with van der Waals surface area (Å²) in [4.78, 5) is 22.9. The average molecular weight is 283 g/mol. The van der Waals surface area contributed by atoms with E-state index in [0.29, 0.717) is 25.7 Å². The first-order valence-electron chi connectivity index (χ1n) is 7.11. The van der Waals surface area contributed by atoms with Crippen molar-refractivity contribution in [2.45, 2.75) is 31.2 Å². The van der Waals surface area contributed by atoms with Crippen LogP contribution in [0.2, 0.25) is 0 Å². The van der Waals surface area contributed by atoms with Gasteiger partial charge in [0.1, 0.15) is 5.54 Å². The van der Waals surface area contributed by atoms with E-state index < -0.39 is 11.5 Å². The number of fused-ring (bicyclic) bond motifs is 1. The number of amides is 1. The van der Waals surface area contributed by atoms with E-state index in [-0.39, 0.29) is 5.91 Å². The first-order valence-corrected chi connectivity index (χ1v) is 7.11. The van der Waals surface area contributed by atoms with Crippen molar-refractivity contribution < 1.29 is 14.7 Å². The van der Waals surface area contributed by atoms with Crippen molar-refractivity contribution in [3.63, 3.8) is 0 Å². The number of hydrogen-bond acceptors (Lipinski definition) is 2. The Morgan fingerprint density at radius 2 is 1.81 bits per heavy atom. The summed E-state index contributed by atoms with van der Waals surface area (Å²) >= 11 is 0. The maximum absolute atomic E-state index is 11.9. The molecule has 108 valence electrons. The molecule has 1 amide bonds. The first kappa shape index (κ1) is 13.6. The van der Waals surface area contributed by atoms with Crippen molar-refractivity contribution in [2.24, 2.45) is 0 Å². The SMILES string of the molecule is O=C(CCc1ccc2ccccc2c1)NC1(C(=O)O)CC1. The summed E-state index contributed by atoms with van der Waals surface area (Å²) in [5, 5.41) is 14.0. The normalized spacial score (nSPS) is 15.6. The van der Waals surface area contributed by atoms with Crippen LogP contribution in [0.1, 0.15) is 24.8 Å². The van der Waals surface area contributed by atoms with E-state index in [9.17, 15) is 9.59 Å². The molecular weight excluding hydrogens is 266 g/mol. The number of carboxylic acids is 1. The van der Waals surface area contributed by atoms with Crippen LogP contribution in [-0.4, -0.2) is 22.5 Å². The molecule has 1 saturated carbocycles. The fourth-order valence-electron chi connectivity index (χ4n) is 2.50. The fourth-order valence-corrected chi connectivity index (χ4v) is 2.50. The van der Waals surface area contributed by atoms with Gasteiger partial charge in [-0.15, -0.1) is 0 Å². The topological polar surface area (TPSA) is 66.4 Å². The quantitative estimate of drug-likeness (QED) is 0.886. The Labute approximate surface area is 122 Å². The molecule has 0 radical (unpaired) electrons. The summed E-state index contributed by atoms with van der Waals surface area (Å²) in [6.07, 6.45) is 1.99. The summed E-state index contributed by atoms with van der Waals surface area (Å²) in [6, 6.07) is 14.2. The van der Waals surface area contributed by atoms with Crippen molar-refractivity contribution in [1.29, 1.82) is 0 Å². The highest BCUT2D eigenvalue weighted by Gasteiger charge is 2.51. The molecule has 0 aromatic heterocycles. The number of aliphatic carboxylic acids is 1. The number of aryl methyl sites for hydroxylation is 1. The largest absolute Gasteiger partial charge is 0.480 e. The molecule has 1 aliphatic carbocycles. The minimum Gasteiger partial charge on any atom is -0.480 e. The van der Waals surface area contributed by atoms with Gasteiger partial charge in [-0.3, -0.25) is 4.79 Å². The minimum absolute atomic E-state index is 0.192. The number of nitrogens with one attached hydrogen (secondary N) is 1. The molecule has 4 nitrogen and oxygen atoms in total. The van der Waals surface area contributed by atoms with Gasteiger partial charge in [0.05, 0.1) is 0 Å². The maximum atomic E-state index is 11.9. The average Bonchev–Trinajstić information content (AvgIpc) is 3.26. The highest BCUT2D eigenvalue weighted by molar-refractivity contribution is 5.89. The molecule has 0 aliphatic heterocycles. The Morgan fingerprint density at radius 1 is 1.10 bits per heavy atom. The predicted molar refractivity (Wildman–Crippen MR) is 80.0 cm³/mol. The number of carbonyl (C=O) groups is 2. The number of hydrogen-bond donors (Lipinski definition) is 2. The van der Waals surface area contributed by atoms with Crippen LogP contribution in [0.4, 0.5) is 0 Å². The molecule has 2 N–H and O–H groups in total. The van der Waals surface area contributed by atoms with Gasteiger partial charge in [-0.05, 0) is 35.6 Å². The van der Waals surface area contributed by atoms with E-state index in [0.717, 1.165) is 10.9 Å². The second-order valence-corrected chi connectivity index (χ2v) is 5.62. The fraction of sp³-hybridized carbons (Fsp3) is 0.294. The van der Waals surface area contributed by atoms with E-state index in [1.807, 2.05) is 30.3 Å². The molecule has 0 saturated heterocycles. The molecule has 2 aromatic carbocycles.